The zero-order chi connectivity index (χ0) is 37.7. The lowest BCUT2D eigenvalue weighted by Gasteiger charge is -2.10. The number of likely N-dealkylation sites (N-methyl/N-ethyl adjacent to an activating group) is 2. The summed E-state index contributed by atoms with van der Waals surface area (Å²) in [5, 5.41) is 3.73. The highest BCUT2D eigenvalue weighted by molar-refractivity contribution is 5.73. The van der Waals surface area contributed by atoms with E-state index in [9.17, 15) is 9.59 Å². The van der Waals surface area contributed by atoms with Gasteiger partial charge in [0.2, 0.25) is 0 Å². The first kappa shape index (κ1) is 38.2. The number of H-pyrrole nitrogens is 4. The highest BCUT2D eigenvalue weighted by Gasteiger charge is 2.18. The molecule has 1 aliphatic heterocycles. The van der Waals surface area contributed by atoms with Gasteiger partial charge in [0, 0.05) is 81.2 Å². The Kier molecular flexibility index (Phi) is 12.1. The van der Waals surface area contributed by atoms with Gasteiger partial charge in [-0.2, -0.15) is 0 Å². The maximum atomic E-state index is 12.8. The summed E-state index contributed by atoms with van der Waals surface area (Å²) in [4.78, 5) is 44.3. The van der Waals surface area contributed by atoms with E-state index in [-0.39, 0.29) is 24.8 Å². The van der Waals surface area contributed by atoms with Crippen molar-refractivity contribution >= 4 is 48.4 Å². The first-order chi connectivity index (χ1) is 24.8. The van der Waals surface area contributed by atoms with Crippen molar-refractivity contribution < 1.29 is 19.1 Å². The Labute approximate surface area is 306 Å². The van der Waals surface area contributed by atoms with E-state index in [0.29, 0.717) is 39.1 Å². The van der Waals surface area contributed by atoms with Crippen LogP contribution in [0.2, 0.25) is 0 Å². The number of esters is 2. The number of fused-ring (bicyclic) bond motifs is 8. The molecule has 10 heteroatoms. The Hall–Kier alpha value is -5.06. The number of carbonyl (C=O) groups excluding carboxylic acids is 2. The molecule has 5 heterocycles. The van der Waals surface area contributed by atoms with Gasteiger partial charge in [0.15, 0.2) is 0 Å². The normalized spacial score (nSPS) is 12.2. The minimum atomic E-state index is -0.230. The first-order valence-electron chi connectivity index (χ1n) is 17.9. The molecule has 0 saturated heterocycles. The molecule has 10 nitrogen and oxygen atoms in total. The molecule has 0 atom stereocenters. The van der Waals surface area contributed by atoms with E-state index in [2.05, 4.69) is 85.1 Å². The van der Waals surface area contributed by atoms with Gasteiger partial charge in [-0.05, 0) is 126 Å². The van der Waals surface area contributed by atoms with E-state index in [1.54, 1.807) is 0 Å². The Bertz CT molecular complexity index is 2240. The van der Waals surface area contributed by atoms with Crippen LogP contribution in [0.4, 0.5) is 0 Å². The molecule has 0 fully saturated rings. The molecule has 8 bridgehead atoms. The maximum absolute atomic E-state index is 12.8. The molecular formula is C42H54N6O4. The summed E-state index contributed by atoms with van der Waals surface area (Å²) in [6.45, 7) is 18.7. The molecule has 0 spiro atoms. The average molecular weight is 707 g/mol. The second-order valence-electron chi connectivity index (χ2n) is 14.1. The molecule has 52 heavy (non-hydrogen) atoms. The topological polar surface area (TPSA) is 122 Å². The Balaban J connectivity index is 1.71. The van der Waals surface area contributed by atoms with Crippen molar-refractivity contribution in [1.82, 2.24) is 29.7 Å². The van der Waals surface area contributed by atoms with Gasteiger partial charge in [0.1, 0.15) is 13.2 Å². The fraction of sp³-hybridized carbons (Fsp3) is 0.381. The summed E-state index contributed by atoms with van der Waals surface area (Å²) in [6.07, 6.45) is 13.7. The Morgan fingerprint density at radius 2 is 1.06 bits per heavy atom. The summed E-state index contributed by atoms with van der Waals surface area (Å²) in [6, 6.07) is 0. The van der Waals surface area contributed by atoms with E-state index in [1.165, 1.54) is 0 Å². The van der Waals surface area contributed by atoms with E-state index >= 15 is 0 Å². The predicted molar refractivity (Wildman–Crippen MR) is 211 cm³/mol. The molecule has 0 saturated carbocycles. The van der Waals surface area contributed by atoms with Gasteiger partial charge in [-0.1, -0.05) is 25.3 Å². The number of aromatic amines is 4. The number of aromatic nitrogens is 4. The van der Waals surface area contributed by atoms with E-state index in [4.69, 9.17) is 9.47 Å². The SMILES string of the molecule is C=Cc1c2[nH]c(c1C)C=c1[nH]c(c(CCC(=O)OCCN(C)C)c1C)=Cc1[nH]c(c(C)c1CCC(=O)OCCN(C)C)C=c1[nH]c(c(C)c1C=C)=C2. The summed E-state index contributed by atoms with van der Waals surface area (Å²) in [5.41, 5.74) is 12.1. The molecule has 276 valence electrons. The van der Waals surface area contributed by atoms with Gasteiger partial charge < -0.3 is 39.2 Å². The van der Waals surface area contributed by atoms with Crippen molar-refractivity contribution in [2.24, 2.45) is 0 Å². The van der Waals surface area contributed by atoms with E-state index < -0.39 is 0 Å². The van der Waals surface area contributed by atoms with Crippen LogP contribution in [0, 0.1) is 27.7 Å². The standard InChI is InChI=1S/C42H54N6O4/c1-11-29-25(3)33-21-34-27(5)31(13-15-41(49)51-19-17-47(7)8)39(45-34)24-40-32(14-16-42(50)52-20-18-48(9)10)28(6)36(46-40)23-38-30(12-2)26(4)35(44-38)22-37(29)43-33/h11-12,21-24,43-46H,1-2,13-20H2,3-10H3. The van der Waals surface area contributed by atoms with Crippen LogP contribution in [0.5, 0.6) is 0 Å². The van der Waals surface area contributed by atoms with Crippen molar-refractivity contribution in [3.8, 4) is 0 Å². The fourth-order valence-electron chi connectivity index (χ4n) is 6.75. The van der Waals surface area contributed by atoms with Crippen molar-refractivity contribution in [2.75, 3.05) is 54.5 Å². The van der Waals surface area contributed by atoms with Gasteiger partial charge in [0.05, 0.1) is 0 Å². The van der Waals surface area contributed by atoms with Crippen LogP contribution in [-0.2, 0) is 31.9 Å². The van der Waals surface area contributed by atoms with Gasteiger partial charge in [-0.3, -0.25) is 9.59 Å². The Morgan fingerprint density at radius 3 is 1.65 bits per heavy atom. The highest BCUT2D eigenvalue weighted by atomic mass is 16.5. The van der Waals surface area contributed by atoms with Crippen molar-refractivity contribution in [3.63, 3.8) is 0 Å². The van der Waals surface area contributed by atoms with Crippen LogP contribution in [-0.4, -0.2) is 96.2 Å². The third-order valence-electron chi connectivity index (χ3n) is 9.96. The molecular weight excluding hydrogens is 652 g/mol. The summed E-state index contributed by atoms with van der Waals surface area (Å²) < 4.78 is 11.1. The van der Waals surface area contributed by atoms with Gasteiger partial charge in [0.25, 0.3) is 0 Å². The quantitative estimate of drug-likeness (QED) is 0.132. The zero-order valence-electron chi connectivity index (χ0n) is 32.1. The number of hydrogen-bond donors (Lipinski definition) is 4. The van der Waals surface area contributed by atoms with Crippen molar-refractivity contribution in [3.05, 3.63) is 102 Å². The predicted octanol–water partition coefficient (Wildman–Crippen LogP) is 3.22. The first-order valence-corrected chi connectivity index (χ1v) is 17.9. The number of ether oxygens (including phenoxy) is 2. The second-order valence-corrected chi connectivity index (χ2v) is 14.1. The fourth-order valence-corrected chi connectivity index (χ4v) is 6.75. The molecule has 0 unspecified atom stereocenters. The molecule has 4 N–H and O–H groups in total. The van der Waals surface area contributed by atoms with Crippen LogP contribution in [0.1, 0.15) is 80.1 Å². The summed E-state index contributed by atoms with van der Waals surface area (Å²) in [7, 11) is 7.81. The second kappa shape index (κ2) is 16.5. The smallest absolute Gasteiger partial charge is 0.306 e. The molecule has 4 aromatic rings. The number of carbonyl (C=O) groups is 2. The highest BCUT2D eigenvalue weighted by Crippen LogP contribution is 2.24. The lowest BCUT2D eigenvalue weighted by molar-refractivity contribution is -0.144. The van der Waals surface area contributed by atoms with Gasteiger partial charge in [-0.25, -0.2) is 0 Å². The Morgan fingerprint density at radius 1 is 0.577 bits per heavy atom. The minimum absolute atomic E-state index is 0.229. The third kappa shape index (κ3) is 8.52. The molecule has 0 aliphatic carbocycles. The van der Waals surface area contributed by atoms with Crippen LogP contribution in [0.15, 0.2) is 13.2 Å². The van der Waals surface area contributed by atoms with Crippen LogP contribution in [0.25, 0.3) is 36.5 Å². The molecule has 5 rings (SSSR count). The lowest BCUT2D eigenvalue weighted by atomic mass is 10.0. The van der Waals surface area contributed by atoms with Gasteiger partial charge in [-0.15, -0.1) is 0 Å². The van der Waals surface area contributed by atoms with Crippen molar-refractivity contribution in [2.45, 2.75) is 53.4 Å². The van der Waals surface area contributed by atoms with Crippen LogP contribution >= 0.6 is 0 Å². The average Bonchev–Trinajstić information content (AvgIpc) is 3.75. The number of nitrogens with one attached hydrogen (secondary N) is 4. The maximum Gasteiger partial charge on any atom is 0.306 e. The van der Waals surface area contributed by atoms with E-state index in [1.807, 2.05) is 50.1 Å². The number of rotatable bonds is 14. The number of hydrogen-bond acceptors (Lipinski definition) is 6. The number of nitrogens with zero attached hydrogens (tertiary/aromatic N) is 2. The third-order valence-corrected chi connectivity index (χ3v) is 9.96. The minimum Gasteiger partial charge on any atom is -0.464 e. The largest absolute Gasteiger partial charge is 0.464 e. The summed E-state index contributed by atoms with van der Waals surface area (Å²) in [5.74, 6) is -0.459. The molecule has 0 radical (unpaired) electrons. The molecule has 4 aromatic heterocycles. The lowest BCUT2D eigenvalue weighted by Crippen LogP contribution is -2.20. The summed E-state index contributed by atoms with van der Waals surface area (Å²) >= 11 is 0. The monoisotopic (exact) mass is 706 g/mol. The van der Waals surface area contributed by atoms with Crippen molar-refractivity contribution in [1.29, 1.82) is 0 Å². The van der Waals surface area contributed by atoms with Crippen LogP contribution in [0.3, 0.4) is 0 Å². The van der Waals surface area contributed by atoms with Crippen LogP contribution < -0.4 is 21.4 Å². The zero-order valence-corrected chi connectivity index (χ0v) is 32.1. The van der Waals surface area contributed by atoms with E-state index in [0.717, 1.165) is 88.7 Å². The van der Waals surface area contributed by atoms with Gasteiger partial charge >= 0.3 is 11.9 Å². The molecule has 0 aromatic carbocycles. The molecule has 1 aliphatic rings. The molecule has 0 amide bonds.